The molecule has 2 aliphatic heterocycles. The average Bonchev–Trinajstić information content (AvgIpc) is 2.62. The molecule has 7 heteroatoms. The normalized spacial score (nSPS) is 20.0. The minimum Gasteiger partial charge on any atom is -0.378 e. The van der Waals surface area contributed by atoms with E-state index in [1.165, 1.54) is 0 Å². The number of carbonyl (C=O) groups is 1. The smallest absolute Gasteiger partial charge is 0.236 e. The summed E-state index contributed by atoms with van der Waals surface area (Å²) in [6, 6.07) is 4.12. The highest BCUT2D eigenvalue weighted by atomic mass is 16.5. The first-order chi connectivity index (χ1) is 11.9. The summed E-state index contributed by atoms with van der Waals surface area (Å²) < 4.78 is 5.31. The van der Waals surface area contributed by atoms with Gasteiger partial charge in [-0.15, -0.1) is 5.10 Å². The van der Waals surface area contributed by atoms with Gasteiger partial charge in [0.25, 0.3) is 0 Å². The van der Waals surface area contributed by atoms with Gasteiger partial charge in [-0.1, -0.05) is 20.8 Å². The number of morpholine rings is 1. The largest absolute Gasteiger partial charge is 0.378 e. The second kappa shape index (κ2) is 7.66. The third-order valence-electron chi connectivity index (χ3n) is 4.84. The molecule has 2 saturated heterocycles. The molecule has 3 rings (SSSR count). The quantitative estimate of drug-likeness (QED) is 0.804. The molecule has 0 radical (unpaired) electrons. The molecule has 25 heavy (non-hydrogen) atoms. The summed E-state index contributed by atoms with van der Waals surface area (Å²) in [6.45, 7) is 13.2. The van der Waals surface area contributed by atoms with Crippen molar-refractivity contribution in [1.29, 1.82) is 0 Å². The van der Waals surface area contributed by atoms with Gasteiger partial charge in [-0.05, 0) is 12.1 Å². The van der Waals surface area contributed by atoms with E-state index >= 15 is 0 Å². The monoisotopic (exact) mass is 347 g/mol. The minimum atomic E-state index is 0.0179. The molecule has 0 spiro atoms. The van der Waals surface area contributed by atoms with E-state index in [0.717, 1.165) is 37.7 Å². The molecule has 3 heterocycles. The zero-order valence-corrected chi connectivity index (χ0v) is 15.6. The number of amides is 1. The Morgan fingerprint density at radius 2 is 1.72 bits per heavy atom. The van der Waals surface area contributed by atoms with Crippen LogP contribution in [0.4, 0.5) is 5.82 Å². The molecule has 0 N–H and O–H groups in total. The third-order valence-corrected chi connectivity index (χ3v) is 4.84. The summed E-state index contributed by atoms with van der Waals surface area (Å²) in [4.78, 5) is 18.7. The van der Waals surface area contributed by atoms with Gasteiger partial charge in [0.1, 0.15) is 0 Å². The summed E-state index contributed by atoms with van der Waals surface area (Å²) >= 11 is 0. The number of hydrogen-bond donors (Lipinski definition) is 0. The molecule has 1 aromatic heterocycles. The fourth-order valence-corrected chi connectivity index (χ4v) is 3.13. The molecule has 0 saturated carbocycles. The fourth-order valence-electron chi connectivity index (χ4n) is 3.13. The van der Waals surface area contributed by atoms with E-state index in [-0.39, 0.29) is 11.3 Å². The van der Waals surface area contributed by atoms with E-state index in [2.05, 4.69) is 52.9 Å². The predicted molar refractivity (Wildman–Crippen MR) is 96.8 cm³/mol. The van der Waals surface area contributed by atoms with Crippen molar-refractivity contribution in [2.24, 2.45) is 0 Å². The Hall–Kier alpha value is -1.73. The van der Waals surface area contributed by atoms with Crippen LogP contribution in [0.5, 0.6) is 0 Å². The molecule has 0 bridgehead atoms. The summed E-state index contributed by atoms with van der Waals surface area (Å²) in [5.41, 5.74) is 1.02. The minimum absolute atomic E-state index is 0.0179. The maximum atomic E-state index is 12.3. The summed E-state index contributed by atoms with van der Waals surface area (Å²) in [5, 5.41) is 8.77. The van der Waals surface area contributed by atoms with Crippen molar-refractivity contribution in [3.63, 3.8) is 0 Å². The highest BCUT2D eigenvalue weighted by molar-refractivity contribution is 5.78. The summed E-state index contributed by atoms with van der Waals surface area (Å²) in [5.74, 6) is 1.14. The highest BCUT2D eigenvalue weighted by Crippen LogP contribution is 2.21. The van der Waals surface area contributed by atoms with E-state index in [0.29, 0.717) is 32.8 Å². The van der Waals surface area contributed by atoms with E-state index in [1.807, 2.05) is 4.90 Å². The van der Waals surface area contributed by atoms with Crippen LogP contribution >= 0.6 is 0 Å². The van der Waals surface area contributed by atoms with Crippen molar-refractivity contribution in [2.45, 2.75) is 26.2 Å². The lowest BCUT2D eigenvalue weighted by molar-refractivity contribution is -0.136. The van der Waals surface area contributed by atoms with Gasteiger partial charge in [0, 0.05) is 44.7 Å². The van der Waals surface area contributed by atoms with Gasteiger partial charge in [0.2, 0.25) is 5.91 Å². The van der Waals surface area contributed by atoms with E-state index in [9.17, 15) is 4.79 Å². The molecule has 0 aromatic carbocycles. The second-order valence-electron chi connectivity index (χ2n) is 7.78. The van der Waals surface area contributed by atoms with Crippen LogP contribution in [0.15, 0.2) is 12.1 Å². The van der Waals surface area contributed by atoms with Crippen LogP contribution in [0.3, 0.4) is 0 Å². The first-order valence-electron chi connectivity index (χ1n) is 9.10. The average molecular weight is 347 g/mol. The molecule has 138 valence electrons. The lowest BCUT2D eigenvalue weighted by Crippen LogP contribution is -2.51. The van der Waals surface area contributed by atoms with Crippen LogP contribution < -0.4 is 4.90 Å². The molecular weight excluding hydrogens is 318 g/mol. The van der Waals surface area contributed by atoms with Gasteiger partial charge < -0.3 is 14.5 Å². The highest BCUT2D eigenvalue weighted by Gasteiger charge is 2.24. The van der Waals surface area contributed by atoms with Gasteiger partial charge >= 0.3 is 0 Å². The molecule has 1 aromatic rings. The molecule has 7 nitrogen and oxygen atoms in total. The van der Waals surface area contributed by atoms with Gasteiger partial charge in [0.15, 0.2) is 5.82 Å². The number of piperazine rings is 1. The van der Waals surface area contributed by atoms with Gasteiger partial charge in [-0.2, -0.15) is 5.10 Å². The van der Waals surface area contributed by atoms with Crippen molar-refractivity contribution in [3.8, 4) is 0 Å². The predicted octanol–water partition coefficient (Wildman–Crippen LogP) is 0.755. The Balaban J connectivity index is 1.49. The van der Waals surface area contributed by atoms with Crippen molar-refractivity contribution in [1.82, 2.24) is 20.0 Å². The third kappa shape index (κ3) is 4.67. The van der Waals surface area contributed by atoms with E-state index in [4.69, 9.17) is 4.74 Å². The van der Waals surface area contributed by atoms with Crippen LogP contribution in [0, 0.1) is 0 Å². The van der Waals surface area contributed by atoms with Gasteiger partial charge in [0.05, 0.1) is 25.5 Å². The van der Waals surface area contributed by atoms with E-state index < -0.39 is 0 Å². The zero-order valence-electron chi connectivity index (χ0n) is 15.6. The summed E-state index contributed by atoms with van der Waals surface area (Å²) in [7, 11) is 0. The Morgan fingerprint density at radius 3 is 2.28 bits per heavy atom. The fraction of sp³-hybridized carbons (Fsp3) is 0.722. The van der Waals surface area contributed by atoms with Crippen LogP contribution in [0.1, 0.15) is 26.5 Å². The van der Waals surface area contributed by atoms with Crippen LogP contribution in [0.2, 0.25) is 0 Å². The lowest BCUT2D eigenvalue weighted by Gasteiger charge is -2.36. The molecule has 2 aliphatic rings. The number of aromatic nitrogens is 2. The van der Waals surface area contributed by atoms with Gasteiger partial charge in [-0.25, -0.2) is 0 Å². The van der Waals surface area contributed by atoms with E-state index in [1.54, 1.807) is 0 Å². The zero-order chi connectivity index (χ0) is 17.9. The maximum Gasteiger partial charge on any atom is 0.236 e. The first-order valence-corrected chi connectivity index (χ1v) is 9.10. The number of ether oxygens (including phenoxy) is 1. The SMILES string of the molecule is CC(C)(C)c1ccc(N2CCN(CC(=O)N3CCOCC3)CC2)nn1. The Bertz CT molecular complexity index is 570. The molecule has 2 fully saturated rings. The topological polar surface area (TPSA) is 61.8 Å². The first kappa shape index (κ1) is 18.1. The Labute approximate surface area is 149 Å². The van der Waals surface area contributed by atoms with Crippen LogP contribution in [-0.4, -0.2) is 84.9 Å². The Kier molecular flexibility index (Phi) is 5.54. The van der Waals surface area contributed by atoms with Crippen molar-refractivity contribution >= 4 is 11.7 Å². The standard InChI is InChI=1S/C18H29N5O2/c1-18(2,3)15-4-5-16(20-19-15)22-8-6-21(7-9-22)14-17(24)23-10-12-25-13-11-23/h4-5H,6-14H2,1-3H3. The van der Waals surface area contributed by atoms with Crippen molar-refractivity contribution in [2.75, 3.05) is 63.9 Å². The van der Waals surface area contributed by atoms with Crippen molar-refractivity contribution < 1.29 is 9.53 Å². The molecule has 0 atom stereocenters. The van der Waals surface area contributed by atoms with Crippen molar-refractivity contribution in [3.05, 3.63) is 17.8 Å². The number of carbonyl (C=O) groups excluding carboxylic acids is 1. The molecular formula is C18H29N5O2. The maximum absolute atomic E-state index is 12.3. The van der Waals surface area contributed by atoms with Crippen LogP contribution in [-0.2, 0) is 14.9 Å². The number of nitrogens with zero attached hydrogens (tertiary/aromatic N) is 5. The second-order valence-corrected chi connectivity index (χ2v) is 7.78. The lowest BCUT2D eigenvalue weighted by atomic mass is 9.92. The molecule has 0 unspecified atom stereocenters. The number of hydrogen-bond acceptors (Lipinski definition) is 6. The number of anilines is 1. The summed E-state index contributed by atoms with van der Waals surface area (Å²) in [6.07, 6.45) is 0. The van der Waals surface area contributed by atoms with Gasteiger partial charge in [-0.3, -0.25) is 9.69 Å². The Morgan fingerprint density at radius 1 is 1.04 bits per heavy atom. The molecule has 0 aliphatic carbocycles. The van der Waals surface area contributed by atoms with Crippen LogP contribution in [0.25, 0.3) is 0 Å². The number of rotatable bonds is 3. The molecule has 1 amide bonds.